The van der Waals surface area contributed by atoms with Gasteiger partial charge in [0, 0.05) is 0 Å². The van der Waals surface area contributed by atoms with Crippen molar-refractivity contribution in [2.45, 2.75) is 12.5 Å². The summed E-state index contributed by atoms with van der Waals surface area (Å²) in [5.41, 5.74) is 6.26. The van der Waals surface area contributed by atoms with Crippen molar-refractivity contribution in [3.8, 4) is 5.75 Å². The van der Waals surface area contributed by atoms with E-state index in [9.17, 15) is 9.59 Å². The molecule has 1 aromatic rings. The zero-order valence-corrected chi connectivity index (χ0v) is 7.92. The lowest BCUT2D eigenvalue weighted by atomic mass is 10.1. The van der Waals surface area contributed by atoms with Crippen LogP contribution in [0.4, 0.5) is 0 Å². The summed E-state index contributed by atoms with van der Waals surface area (Å²) in [5, 5.41) is 9.02. The number of nitrogens with two attached hydrogens (primary N) is 1. The van der Waals surface area contributed by atoms with Gasteiger partial charge >= 0.3 is 12.4 Å². The number of benzene rings is 1. The van der Waals surface area contributed by atoms with Gasteiger partial charge in [-0.25, -0.2) is 4.79 Å². The minimum absolute atomic E-state index is 0.0546. The van der Waals surface area contributed by atoms with E-state index in [1.54, 1.807) is 12.1 Å². The van der Waals surface area contributed by atoms with Gasteiger partial charge in [-0.05, 0) is 24.1 Å². The Morgan fingerprint density at radius 1 is 1.47 bits per heavy atom. The number of phenols is 1. The molecule has 0 aliphatic rings. The lowest BCUT2D eigenvalue weighted by Crippen LogP contribution is -2.34. The van der Waals surface area contributed by atoms with Crippen LogP contribution >= 0.6 is 0 Å². The first-order valence-electron chi connectivity index (χ1n) is 4.31. The van der Waals surface area contributed by atoms with Crippen LogP contribution in [-0.2, 0) is 20.7 Å². The molecule has 3 N–H and O–H groups in total. The molecule has 80 valence electrons. The van der Waals surface area contributed by atoms with E-state index in [-0.39, 0.29) is 18.6 Å². The van der Waals surface area contributed by atoms with Crippen molar-refractivity contribution >= 4 is 12.4 Å². The van der Waals surface area contributed by atoms with E-state index < -0.39 is 12.0 Å². The van der Waals surface area contributed by atoms with Crippen molar-refractivity contribution in [2.75, 3.05) is 0 Å². The van der Waals surface area contributed by atoms with E-state index in [0.717, 1.165) is 5.56 Å². The van der Waals surface area contributed by atoms with Gasteiger partial charge in [-0.2, -0.15) is 0 Å². The molecule has 0 spiro atoms. The summed E-state index contributed by atoms with van der Waals surface area (Å²) in [6, 6.07) is 5.40. The standard InChI is InChI=1S/C10H11NO4/c11-9(10(14)15-6-12)5-7-1-3-8(13)4-2-7/h1-4,6,9,13H,5,11H2/t9-/m1/s1. The maximum Gasteiger partial charge on any atom is 0.330 e. The monoisotopic (exact) mass is 209 g/mol. The zero-order valence-electron chi connectivity index (χ0n) is 7.92. The zero-order chi connectivity index (χ0) is 11.3. The average Bonchev–Trinajstić information content (AvgIpc) is 2.22. The fourth-order valence-electron chi connectivity index (χ4n) is 1.10. The highest BCUT2D eigenvalue weighted by molar-refractivity contribution is 5.81. The normalized spacial score (nSPS) is 11.8. The highest BCUT2D eigenvalue weighted by Gasteiger charge is 2.15. The van der Waals surface area contributed by atoms with Gasteiger partial charge in [0.05, 0.1) is 0 Å². The average molecular weight is 209 g/mol. The largest absolute Gasteiger partial charge is 0.508 e. The van der Waals surface area contributed by atoms with E-state index >= 15 is 0 Å². The number of hydrogen-bond acceptors (Lipinski definition) is 5. The van der Waals surface area contributed by atoms with E-state index in [2.05, 4.69) is 4.74 Å². The van der Waals surface area contributed by atoms with Gasteiger partial charge in [0.15, 0.2) is 0 Å². The topological polar surface area (TPSA) is 89.6 Å². The summed E-state index contributed by atoms with van der Waals surface area (Å²) >= 11 is 0. The van der Waals surface area contributed by atoms with Gasteiger partial charge in [0.25, 0.3) is 0 Å². The van der Waals surface area contributed by atoms with Crippen molar-refractivity contribution < 1.29 is 19.4 Å². The van der Waals surface area contributed by atoms with E-state index in [0.29, 0.717) is 0 Å². The molecule has 0 saturated carbocycles. The molecule has 15 heavy (non-hydrogen) atoms. The van der Waals surface area contributed by atoms with Crippen LogP contribution in [0.15, 0.2) is 24.3 Å². The molecule has 0 aliphatic carbocycles. The van der Waals surface area contributed by atoms with Crippen LogP contribution in [0.5, 0.6) is 5.75 Å². The summed E-state index contributed by atoms with van der Waals surface area (Å²) < 4.78 is 4.11. The van der Waals surface area contributed by atoms with Crippen molar-refractivity contribution in [1.82, 2.24) is 0 Å². The molecule has 0 radical (unpaired) electrons. The molecule has 0 heterocycles. The SMILES string of the molecule is N[C@H](Cc1ccc(O)cc1)C(=O)OC=O. The molecule has 0 fully saturated rings. The van der Waals surface area contributed by atoms with Gasteiger partial charge in [0.1, 0.15) is 11.8 Å². The summed E-state index contributed by atoms with van der Waals surface area (Å²) in [6.45, 7) is 0.0546. The quantitative estimate of drug-likeness (QED) is 0.412. The minimum atomic E-state index is -0.875. The highest BCUT2D eigenvalue weighted by Crippen LogP contribution is 2.10. The van der Waals surface area contributed by atoms with Crippen LogP contribution in [0.25, 0.3) is 0 Å². The van der Waals surface area contributed by atoms with Gasteiger partial charge in [-0.15, -0.1) is 0 Å². The second kappa shape index (κ2) is 5.11. The summed E-state index contributed by atoms with van der Waals surface area (Å²) in [5.74, 6) is -0.624. The van der Waals surface area contributed by atoms with Crippen LogP contribution in [0, 0.1) is 0 Å². The fraction of sp³-hybridized carbons (Fsp3) is 0.200. The van der Waals surface area contributed by atoms with Gasteiger partial charge in [-0.3, -0.25) is 4.79 Å². The first-order chi connectivity index (χ1) is 7.13. The maximum atomic E-state index is 11.0. The number of aromatic hydroxyl groups is 1. The first-order valence-corrected chi connectivity index (χ1v) is 4.31. The molecule has 0 aromatic heterocycles. The van der Waals surface area contributed by atoms with Crippen LogP contribution in [0.2, 0.25) is 0 Å². The molecule has 1 atom stereocenters. The Labute approximate surface area is 86.5 Å². The Morgan fingerprint density at radius 2 is 2.07 bits per heavy atom. The van der Waals surface area contributed by atoms with Crippen LogP contribution < -0.4 is 5.73 Å². The number of carbonyl (C=O) groups is 2. The van der Waals surface area contributed by atoms with Crippen molar-refractivity contribution in [2.24, 2.45) is 5.73 Å². The molecule has 1 rings (SSSR count). The number of esters is 1. The molecular formula is C10H11NO4. The van der Waals surface area contributed by atoms with Gasteiger partial charge < -0.3 is 15.6 Å². The lowest BCUT2D eigenvalue weighted by Gasteiger charge is -2.07. The van der Waals surface area contributed by atoms with Crippen LogP contribution in [0.3, 0.4) is 0 Å². The second-order valence-electron chi connectivity index (χ2n) is 3.01. The fourth-order valence-corrected chi connectivity index (χ4v) is 1.10. The van der Waals surface area contributed by atoms with Crippen molar-refractivity contribution in [3.05, 3.63) is 29.8 Å². The number of phenolic OH excluding ortho intramolecular Hbond substituents is 1. The van der Waals surface area contributed by atoms with E-state index in [4.69, 9.17) is 10.8 Å². The van der Waals surface area contributed by atoms with E-state index in [1.165, 1.54) is 12.1 Å². The predicted octanol–water partition coefficient (Wildman–Crippen LogP) is -0.0384. The summed E-state index contributed by atoms with van der Waals surface area (Å²) in [4.78, 5) is 20.9. The molecule has 0 bridgehead atoms. The second-order valence-corrected chi connectivity index (χ2v) is 3.01. The number of carbonyl (C=O) groups excluding carboxylic acids is 2. The third kappa shape index (κ3) is 3.40. The van der Waals surface area contributed by atoms with Crippen molar-refractivity contribution in [1.29, 1.82) is 0 Å². The third-order valence-electron chi connectivity index (χ3n) is 1.86. The van der Waals surface area contributed by atoms with Crippen LogP contribution in [-0.4, -0.2) is 23.6 Å². The summed E-state index contributed by atoms with van der Waals surface area (Å²) in [7, 11) is 0. The molecule has 0 aliphatic heterocycles. The molecule has 1 aromatic carbocycles. The Hall–Kier alpha value is -1.88. The molecule has 0 unspecified atom stereocenters. The van der Waals surface area contributed by atoms with Crippen molar-refractivity contribution in [3.63, 3.8) is 0 Å². The summed E-state index contributed by atoms with van der Waals surface area (Å²) in [6.07, 6.45) is 0.257. The van der Waals surface area contributed by atoms with Gasteiger partial charge in [-0.1, -0.05) is 12.1 Å². The smallest absolute Gasteiger partial charge is 0.330 e. The van der Waals surface area contributed by atoms with Crippen LogP contribution in [0.1, 0.15) is 5.56 Å². The molecule has 5 heteroatoms. The maximum absolute atomic E-state index is 11.0. The number of rotatable bonds is 4. The number of ether oxygens (including phenoxy) is 1. The van der Waals surface area contributed by atoms with E-state index in [1.807, 2.05) is 0 Å². The molecule has 0 amide bonds. The Balaban J connectivity index is 2.57. The molecule has 0 saturated heterocycles. The third-order valence-corrected chi connectivity index (χ3v) is 1.86. The minimum Gasteiger partial charge on any atom is -0.508 e. The molecular weight excluding hydrogens is 198 g/mol. The Morgan fingerprint density at radius 3 is 2.60 bits per heavy atom. The Bertz CT molecular complexity index is 347. The highest BCUT2D eigenvalue weighted by atomic mass is 16.6. The number of hydrogen-bond donors (Lipinski definition) is 2. The first kappa shape index (κ1) is 11.2. The predicted molar refractivity (Wildman–Crippen MR) is 51.9 cm³/mol. The molecule has 5 nitrogen and oxygen atoms in total. The Kier molecular flexibility index (Phi) is 3.82. The van der Waals surface area contributed by atoms with Gasteiger partial charge in [0.2, 0.25) is 0 Å². The lowest BCUT2D eigenvalue weighted by molar-refractivity contribution is -0.152.